The van der Waals surface area contributed by atoms with E-state index in [2.05, 4.69) is 161 Å². The summed E-state index contributed by atoms with van der Waals surface area (Å²) in [6, 6.07) is 62.2. The summed E-state index contributed by atoms with van der Waals surface area (Å²) in [5.41, 5.74) is 13.1. The van der Waals surface area contributed by atoms with Crippen LogP contribution >= 0.6 is 0 Å². The number of hydrogen-bond acceptors (Lipinski definition) is 2. The molecule has 0 saturated carbocycles. The van der Waals surface area contributed by atoms with Gasteiger partial charge in [-0.05, 0) is 70.8 Å². The first-order chi connectivity index (χ1) is 24.8. The minimum Gasteiger partial charge on any atom is -0.339 e. The lowest BCUT2D eigenvalue weighted by molar-refractivity contribution is 1.18. The second kappa shape index (κ2) is 11.4. The van der Waals surface area contributed by atoms with Crippen LogP contribution in [0.3, 0.4) is 0 Å². The molecule has 0 fully saturated rings. The molecule has 10 rings (SSSR count). The molecule has 10 aromatic rings. The molecule has 4 nitrogen and oxygen atoms in total. The van der Waals surface area contributed by atoms with Gasteiger partial charge in [0.1, 0.15) is 5.65 Å². The lowest BCUT2D eigenvalue weighted by atomic mass is 9.96. The third-order valence-corrected chi connectivity index (χ3v) is 9.75. The number of benzene rings is 7. The minimum absolute atomic E-state index is 0.709. The lowest BCUT2D eigenvalue weighted by Gasteiger charge is -2.09. The molecule has 0 aliphatic rings. The standard InChI is InChI=1S/C46H30N4/c1-4-13-30(14-5-1)44-43-39-29-34(23-25-40(39)47-46(43)49-45(48-44)31-15-6-2-7-16-31)32-17-12-18-33(27-32)35-24-26-42-38(28-35)37-21-10-11-22-41(37)50(42)36-19-8-3-9-20-36/h1-29H,(H,47,48,49). The van der Waals surface area contributed by atoms with Crippen molar-refractivity contribution in [2.75, 3.05) is 0 Å². The van der Waals surface area contributed by atoms with E-state index < -0.39 is 0 Å². The molecule has 7 aromatic carbocycles. The van der Waals surface area contributed by atoms with Crippen molar-refractivity contribution >= 4 is 43.7 Å². The van der Waals surface area contributed by atoms with Crippen LogP contribution in [0, 0.1) is 0 Å². The van der Waals surface area contributed by atoms with Crippen LogP contribution in [0.4, 0.5) is 0 Å². The Kier molecular flexibility index (Phi) is 6.46. The van der Waals surface area contributed by atoms with Gasteiger partial charge in [-0.25, -0.2) is 9.97 Å². The summed E-state index contributed by atoms with van der Waals surface area (Å²) in [4.78, 5) is 13.8. The van der Waals surface area contributed by atoms with Crippen LogP contribution in [0.15, 0.2) is 176 Å². The number of aromatic amines is 1. The Bertz CT molecular complexity index is 2850. The Balaban J connectivity index is 1.11. The van der Waals surface area contributed by atoms with Gasteiger partial charge in [-0.15, -0.1) is 0 Å². The van der Waals surface area contributed by atoms with Gasteiger partial charge in [0.05, 0.1) is 22.1 Å². The average molecular weight is 639 g/mol. The molecule has 0 amide bonds. The predicted octanol–water partition coefficient (Wildman–Crippen LogP) is 11.9. The predicted molar refractivity (Wildman–Crippen MR) is 207 cm³/mol. The molecule has 3 aromatic heterocycles. The second-order valence-electron chi connectivity index (χ2n) is 12.7. The fraction of sp³-hybridized carbons (Fsp3) is 0. The quantitative estimate of drug-likeness (QED) is 0.204. The summed E-state index contributed by atoms with van der Waals surface area (Å²) in [7, 11) is 0. The molecule has 1 N–H and O–H groups in total. The smallest absolute Gasteiger partial charge is 0.162 e. The topological polar surface area (TPSA) is 46.5 Å². The SMILES string of the molecule is c1ccc(-c2nc(-c3ccccc3)c3c(n2)[nH]c2ccc(-c4cccc(-c5ccc6c(c5)c5ccccc5n6-c5ccccc5)c4)cc23)cc1. The fourth-order valence-electron chi connectivity index (χ4n) is 7.38. The zero-order valence-corrected chi connectivity index (χ0v) is 27.1. The Labute approximate surface area is 289 Å². The molecule has 0 aliphatic heterocycles. The van der Waals surface area contributed by atoms with Crippen LogP contribution in [0.25, 0.3) is 94.3 Å². The van der Waals surface area contributed by atoms with Crippen LogP contribution in [0.2, 0.25) is 0 Å². The maximum Gasteiger partial charge on any atom is 0.162 e. The van der Waals surface area contributed by atoms with Crippen molar-refractivity contribution in [3.8, 4) is 50.6 Å². The number of aromatic nitrogens is 4. The maximum absolute atomic E-state index is 5.15. The Morgan fingerprint density at radius 1 is 0.400 bits per heavy atom. The number of para-hydroxylation sites is 2. The first kappa shape index (κ1) is 28.3. The number of H-pyrrole nitrogens is 1. The molecule has 0 spiro atoms. The second-order valence-corrected chi connectivity index (χ2v) is 12.7. The molecule has 0 unspecified atom stereocenters. The highest BCUT2D eigenvalue weighted by atomic mass is 15.0. The van der Waals surface area contributed by atoms with E-state index in [1.165, 1.54) is 38.6 Å². The number of nitrogens with one attached hydrogen (secondary N) is 1. The summed E-state index contributed by atoms with van der Waals surface area (Å²) in [5.74, 6) is 0.709. The van der Waals surface area contributed by atoms with Crippen LogP contribution in [-0.2, 0) is 0 Å². The maximum atomic E-state index is 5.15. The molecule has 4 heteroatoms. The molecule has 0 aliphatic carbocycles. The van der Waals surface area contributed by atoms with E-state index in [-0.39, 0.29) is 0 Å². The van der Waals surface area contributed by atoms with E-state index >= 15 is 0 Å². The van der Waals surface area contributed by atoms with Gasteiger partial charge in [-0.1, -0.05) is 127 Å². The number of fused-ring (bicyclic) bond motifs is 6. The van der Waals surface area contributed by atoms with Crippen molar-refractivity contribution < 1.29 is 0 Å². The first-order valence-corrected chi connectivity index (χ1v) is 16.9. The van der Waals surface area contributed by atoms with Crippen LogP contribution in [-0.4, -0.2) is 19.5 Å². The summed E-state index contributed by atoms with van der Waals surface area (Å²) in [5, 5.41) is 4.64. The van der Waals surface area contributed by atoms with Gasteiger partial charge in [0.2, 0.25) is 0 Å². The summed E-state index contributed by atoms with van der Waals surface area (Å²) < 4.78 is 2.36. The molecule has 0 bridgehead atoms. The zero-order chi connectivity index (χ0) is 33.0. The van der Waals surface area contributed by atoms with Crippen molar-refractivity contribution in [2.45, 2.75) is 0 Å². The zero-order valence-electron chi connectivity index (χ0n) is 27.1. The Morgan fingerprint density at radius 3 is 1.74 bits per heavy atom. The van der Waals surface area contributed by atoms with Crippen molar-refractivity contribution in [3.63, 3.8) is 0 Å². The molecular weight excluding hydrogens is 609 g/mol. The van der Waals surface area contributed by atoms with Crippen LogP contribution in [0.1, 0.15) is 0 Å². The van der Waals surface area contributed by atoms with Crippen molar-refractivity contribution in [1.29, 1.82) is 0 Å². The molecule has 50 heavy (non-hydrogen) atoms. The summed E-state index contributed by atoms with van der Waals surface area (Å²) >= 11 is 0. The monoisotopic (exact) mass is 638 g/mol. The molecule has 0 radical (unpaired) electrons. The minimum atomic E-state index is 0.709. The van der Waals surface area contributed by atoms with Gasteiger partial charge in [0, 0.05) is 38.5 Å². The summed E-state index contributed by atoms with van der Waals surface area (Å²) in [6.45, 7) is 0. The Hall–Kier alpha value is -6.78. The van der Waals surface area contributed by atoms with Gasteiger partial charge < -0.3 is 9.55 Å². The molecule has 3 heterocycles. The molecule has 0 saturated heterocycles. The molecular formula is C46H30N4. The fourth-order valence-corrected chi connectivity index (χ4v) is 7.38. The number of nitrogens with zero attached hydrogens (tertiary/aromatic N) is 3. The van der Waals surface area contributed by atoms with Gasteiger partial charge >= 0.3 is 0 Å². The van der Waals surface area contributed by atoms with Crippen molar-refractivity contribution in [2.24, 2.45) is 0 Å². The largest absolute Gasteiger partial charge is 0.339 e. The number of rotatable bonds is 5. The van der Waals surface area contributed by atoms with E-state index in [1.54, 1.807) is 0 Å². The first-order valence-electron chi connectivity index (χ1n) is 16.9. The number of hydrogen-bond donors (Lipinski definition) is 1. The lowest BCUT2D eigenvalue weighted by Crippen LogP contribution is -1.94. The van der Waals surface area contributed by atoms with Gasteiger partial charge in [0.15, 0.2) is 5.82 Å². The van der Waals surface area contributed by atoms with E-state index in [4.69, 9.17) is 9.97 Å². The summed E-state index contributed by atoms with van der Waals surface area (Å²) in [6.07, 6.45) is 0. The molecule has 0 atom stereocenters. The highest BCUT2D eigenvalue weighted by molar-refractivity contribution is 6.14. The highest BCUT2D eigenvalue weighted by Gasteiger charge is 2.18. The van der Waals surface area contributed by atoms with E-state index in [0.717, 1.165) is 49.9 Å². The van der Waals surface area contributed by atoms with Crippen molar-refractivity contribution in [1.82, 2.24) is 19.5 Å². The van der Waals surface area contributed by atoms with Crippen LogP contribution in [0.5, 0.6) is 0 Å². The normalized spacial score (nSPS) is 11.6. The third kappa shape index (κ3) is 4.61. The average Bonchev–Trinajstić information content (AvgIpc) is 3.73. The molecule has 234 valence electrons. The highest BCUT2D eigenvalue weighted by Crippen LogP contribution is 2.38. The van der Waals surface area contributed by atoms with E-state index in [9.17, 15) is 0 Å². The third-order valence-electron chi connectivity index (χ3n) is 9.75. The van der Waals surface area contributed by atoms with Crippen LogP contribution < -0.4 is 0 Å². The van der Waals surface area contributed by atoms with Gasteiger partial charge in [0.25, 0.3) is 0 Å². The van der Waals surface area contributed by atoms with Gasteiger partial charge in [-0.2, -0.15) is 0 Å². The Morgan fingerprint density at radius 2 is 0.980 bits per heavy atom. The van der Waals surface area contributed by atoms with E-state index in [1.807, 2.05) is 24.3 Å². The van der Waals surface area contributed by atoms with Gasteiger partial charge in [-0.3, -0.25) is 0 Å². The van der Waals surface area contributed by atoms with Crippen molar-refractivity contribution in [3.05, 3.63) is 176 Å². The van der Waals surface area contributed by atoms with E-state index in [0.29, 0.717) is 5.82 Å².